The van der Waals surface area contributed by atoms with Crippen molar-refractivity contribution in [1.29, 1.82) is 0 Å². The van der Waals surface area contributed by atoms with E-state index in [9.17, 15) is 14.0 Å². The number of halogens is 2. The van der Waals surface area contributed by atoms with E-state index in [1.165, 1.54) is 36.0 Å². The average Bonchev–Trinajstić information content (AvgIpc) is 2.69. The van der Waals surface area contributed by atoms with Crippen molar-refractivity contribution >= 4 is 57.8 Å². The highest BCUT2D eigenvalue weighted by atomic mass is 127. The van der Waals surface area contributed by atoms with Gasteiger partial charge in [-0.25, -0.2) is 4.39 Å². The van der Waals surface area contributed by atoms with Crippen molar-refractivity contribution in [2.45, 2.75) is 6.61 Å². The number of nitrogens with zero attached hydrogens (tertiary/aromatic N) is 2. The van der Waals surface area contributed by atoms with Crippen LogP contribution in [0.4, 0.5) is 4.39 Å². The molecular formula is C20H16FIN2O3S. The van der Waals surface area contributed by atoms with Crippen LogP contribution < -0.4 is 4.74 Å². The molecule has 3 rings (SSSR count). The van der Waals surface area contributed by atoms with Gasteiger partial charge in [0.15, 0.2) is 5.11 Å². The Kier molecular flexibility index (Phi) is 6.09. The van der Waals surface area contributed by atoms with E-state index in [1.807, 2.05) is 6.07 Å². The lowest BCUT2D eigenvalue weighted by Gasteiger charge is -2.31. The smallest absolute Gasteiger partial charge is 0.265 e. The first-order valence-corrected chi connectivity index (χ1v) is 9.75. The highest BCUT2D eigenvalue weighted by Gasteiger charge is 2.35. The second-order valence-electron chi connectivity index (χ2n) is 6.17. The molecule has 2 amide bonds. The number of rotatable bonds is 4. The van der Waals surface area contributed by atoms with Crippen molar-refractivity contribution in [2.75, 3.05) is 14.1 Å². The predicted molar refractivity (Wildman–Crippen MR) is 116 cm³/mol. The van der Waals surface area contributed by atoms with Gasteiger partial charge in [0.05, 0.1) is 3.57 Å². The Hall–Kier alpha value is -2.33. The summed E-state index contributed by atoms with van der Waals surface area (Å²) in [5.41, 5.74) is 1.60. The Morgan fingerprint density at radius 3 is 2.25 bits per heavy atom. The predicted octanol–water partition coefficient (Wildman–Crippen LogP) is 3.61. The summed E-state index contributed by atoms with van der Waals surface area (Å²) in [6, 6.07) is 11.5. The number of likely N-dealkylation sites (N-methyl/N-ethyl adjacent to an activating group) is 2. The molecule has 28 heavy (non-hydrogen) atoms. The van der Waals surface area contributed by atoms with Crippen LogP contribution in [0.25, 0.3) is 6.08 Å². The van der Waals surface area contributed by atoms with E-state index >= 15 is 0 Å². The molecule has 0 spiro atoms. The summed E-state index contributed by atoms with van der Waals surface area (Å²) in [5.74, 6) is -0.497. The van der Waals surface area contributed by atoms with Gasteiger partial charge >= 0.3 is 0 Å². The zero-order chi connectivity index (χ0) is 20.4. The molecule has 0 N–H and O–H groups in total. The molecule has 144 valence electrons. The third-order valence-corrected chi connectivity index (χ3v) is 5.61. The standard InChI is InChI=1S/C20H16FIN2O3S/c1-23-18(25)15(19(26)24(2)20(23)28)9-13-5-8-17(16(22)10-13)27-11-12-3-6-14(21)7-4-12/h3-10H,11H2,1-2H3. The van der Waals surface area contributed by atoms with Crippen molar-refractivity contribution in [3.05, 3.63) is 68.6 Å². The van der Waals surface area contributed by atoms with Gasteiger partial charge in [-0.2, -0.15) is 0 Å². The second kappa shape index (κ2) is 8.36. The van der Waals surface area contributed by atoms with Crippen molar-refractivity contribution in [3.8, 4) is 5.75 Å². The summed E-state index contributed by atoms with van der Waals surface area (Å²) in [4.78, 5) is 27.3. The summed E-state index contributed by atoms with van der Waals surface area (Å²) >= 11 is 7.21. The van der Waals surface area contributed by atoms with Crippen LogP contribution in [-0.2, 0) is 16.2 Å². The van der Waals surface area contributed by atoms with Gasteiger partial charge in [0.2, 0.25) is 0 Å². The molecule has 0 saturated carbocycles. The number of thiocarbonyl (C=S) groups is 1. The average molecular weight is 510 g/mol. The summed E-state index contributed by atoms with van der Waals surface area (Å²) in [6.07, 6.45) is 1.55. The minimum atomic E-state index is -0.431. The van der Waals surface area contributed by atoms with Crippen LogP contribution in [0, 0.1) is 9.39 Å². The summed E-state index contributed by atoms with van der Waals surface area (Å²) in [6.45, 7) is 0.306. The molecule has 2 aromatic rings. The van der Waals surface area contributed by atoms with Gasteiger partial charge in [0.25, 0.3) is 11.8 Å². The first-order chi connectivity index (χ1) is 13.3. The molecule has 0 radical (unpaired) electrons. The first kappa shape index (κ1) is 20.4. The van der Waals surface area contributed by atoms with Crippen molar-refractivity contribution < 1.29 is 18.7 Å². The zero-order valence-corrected chi connectivity index (χ0v) is 18.1. The van der Waals surface area contributed by atoms with Gasteiger partial charge in [0, 0.05) is 14.1 Å². The quantitative estimate of drug-likeness (QED) is 0.273. The molecular weight excluding hydrogens is 494 g/mol. The lowest BCUT2D eigenvalue weighted by atomic mass is 10.1. The van der Waals surface area contributed by atoms with Gasteiger partial charge in [-0.15, -0.1) is 0 Å². The van der Waals surface area contributed by atoms with Crippen LogP contribution in [0.1, 0.15) is 11.1 Å². The number of hydrogen-bond donors (Lipinski definition) is 0. The second-order valence-corrected chi connectivity index (χ2v) is 7.70. The molecule has 0 unspecified atom stereocenters. The minimum absolute atomic E-state index is 0.0504. The molecule has 1 heterocycles. The molecule has 0 aromatic heterocycles. The van der Waals surface area contributed by atoms with Gasteiger partial charge in [-0.3, -0.25) is 19.4 Å². The monoisotopic (exact) mass is 510 g/mol. The topological polar surface area (TPSA) is 49.9 Å². The van der Waals surface area contributed by atoms with E-state index in [1.54, 1.807) is 30.3 Å². The van der Waals surface area contributed by atoms with Gasteiger partial charge in [-0.05, 0) is 76.3 Å². The maximum Gasteiger partial charge on any atom is 0.265 e. The fraction of sp³-hybridized carbons (Fsp3) is 0.150. The van der Waals surface area contributed by atoms with Crippen molar-refractivity contribution in [2.24, 2.45) is 0 Å². The molecule has 0 bridgehead atoms. The molecule has 1 saturated heterocycles. The molecule has 0 atom stereocenters. The number of amides is 2. The molecule has 0 aliphatic carbocycles. The molecule has 1 aliphatic heterocycles. The number of carbonyl (C=O) groups is 2. The highest BCUT2D eigenvalue weighted by Crippen LogP contribution is 2.25. The number of hydrogen-bond acceptors (Lipinski definition) is 4. The number of benzene rings is 2. The minimum Gasteiger partial charge on any atom is -0.488 e. The van der Waals surface area contributed by atoms with Crippen molar-refractivity contribution in [1.82, 2.24) is 9.80 Å². The lowest BCUT2D eigenvalue weighted by molar-refractivity contribution is -0.132. The highest BCUT2D eigenvalue weighted by molar-refractivity contribution is 14.1. The molecule has 1 fully saturated rings. The largest absolute Gasteiger partial charge is 0.488 e. The van der Waals surface area contributed by atoms with Crippen LogP contribution in [-0.4, -0.2) is 40.8 Å². The fourth-order valence-electron chi connectivity index (χ4n) is 2.61. The summed E-state index contributed by atoms with van der Waals surface area (Å²) < 4.78 is 19.6. The van der Waals surface area contributed by atoms with E-state index in [4.69, 9.17) is 17.0 Å². The maximum absolute atomic E-state index is 13.0. The normalized spacial score (nSPS) is 14.6. The number of carbonyl (C=O) groups excluding carboxylic acids is 2. The summed E-state index contributed by atoms with van der Waals surface area (Å²) in [7, 11) is 3.08. The molecule has 5 nitrogen and oxygen atoms in total. The van der Waals surface area contributed by atoms with Gasteiger partial charge in [0.1, 0.15) is 23.7 Å². The van der Waals surface area contributed by atoms with Gasteiger partial charge in [-0.1, -0.05) is 18.2 Å². The maximum atomic E-state index is 13.0. The SMILES string of the molecule is CN1C(=O)C(=Cc2ccc(OCc3ccc(F)cc3)c(I)c2)C(=O)N(C)C1=S. The van der Waals surface area contributed by atoms with Gasteiger partial charge < -0.3 is 4.74 Å². The van der Waals surface area contributed by atoms with Crippen LogP contribution >= 0.6 is 34.8 Å². The third-order valence-electron chi connectivity index (χ3n) is 4.22. The Labute approximate surface area is 180 Å². The Morgan fingerprint density at radius 1 is 1.07 bits per heavy atom. The zero-order valence-electron chi connectivity index (χ0n) is 15.1. The van der Waals surface area contributed by atoms with E-state index in [0.29, 0.717) is 17.9 Å². The first-order valence-electron chi connectivity index (χ1n) is 8.26. The van der Waals surface area contributed by atoms with E-state index in [0.717, 1.165) is 9.13 Å². The van der Waals surface area contributed by atoms with E-state index in [2.05, 4.69) is 22.6 Å². The van der Waals surface area contributed by atoms with E-state index in [-0.39, 0.29) is 16.5 Å². The molecule has 2 aromatic carbocycles. The van der Waals surface area contributed by atoms with Crippen LogP contribution in [0.15, 0.2) is 48.0 Å². The Balaban J connectivity index is 1.79. The summed E-state index contributed by atoms with van der Waals surface area (Å²) in [5, 5.41) is 0.172. The van der Waals surface area contributed by atoms with Crippen molar-refractivity contribution in [3.63, 3.8) is 0 Å². The molecule has 1 aliphatic rings. The fourth-order valence-corrected chi connectivity index (χ4v) is 3.47. The van der Waals surface area contributed by atoms with E-state index < -0.39 is 11.8 Å². The van der Waals surface area contributed by atoms with Crippen LogP contribution in [0.3, 0.4) is 0 Å². The number of ether oxygens (including phenoxy) is 1. The Morgan fingerprint density at radius 2 is 1.68 bits per heavy atom. The Bertz CT molecular complexity index is 965. The molecule has 8 heteroatoms. The van der Waals surface area contributed by atoms with Crippen LogP contribution in [0.5, 0.6) is 5.75 Å². The van der Waals surface area contributed by atoms with Crippen LogP contribution in [0.2, 0.25) is 0 Å². The lowest BCUT2D eigenvalue weighted by Crippen LogP contribution is -2.52. The third kappa shape index (κ3) is 4.22.